The largest absolute Gasteiger partial charge is 0.494 e. The molecule has 3 rings (SSSR count). The van der Waals surface area contributed by atoms with Gasteiger partial charge in [0.15, 0.2) is 5.96 Å². The third kappa shape index (κ3) is 8.51. The molecule has 0 fully saturated rings. The molecular weight excluding hydrogens is 527 g/mol. The summed E-state index contributed by atoms with van der Waals surface area (Å²) in [6, 6.07) is 16.5. The summed E-state index contributed by atoms with van der Waals surface area (Å²) in [5.74, 6) is 2.78. The molecule has 0 aliphatic rings. The van der Waals surface area contributed by atoms with Crippen LogP contribution in [0.2, 0.25) is 0 Å². The lowest BCUT2D eigenvalue weighted by atomic mass is 10.2. The van der Waals surface area contributed by atoms with Gasteiger partial charge in [-0.3, -0.25) is 4.99 Å². The van der Waals surface area contributed by atoms with Crippen LogP contribution in [0.25, 0.3) is 11.0 Å². The molecule has 33 heavy (non-hydrogen) atoms. The third-order valence-corrected chi connectivity index (χ3v) is 5.32. The Morgan fingerprint density at radius 3 is 2.55 bits per heavy atom. The first-order valence-electron chi connectivity index (χ1n) is 11.3. The molecule has 0 aliphatic carbocycles. The van der Waals surface area contributed by atoms with Crippen LogP contribution in [0.15, 0.2) is 53.5 Å². The Bertz CT molecular complexity index is 1000. The van der Waals surface area contributed by atoms with Crippen LogP contribution in [0.4, 0.5) is 0 Å². The van der Waals surface area contributed by atoms with Crippen molar-refractivity contribution < 1.29 is 4.74 Å². The first-order valence-corrected chi connectivity index (χ1v) is 11.3. The number of hydrogen-bond donors (Lipinski definition) is 2. The van der Waals surface area contributed by atoms with E-state index in [4.69, 9.17) is 4.74 Å². The number of aliphatic imine (C=N–C) groups is 1. The Labute approximate surface area is 214 Å². The van der Waals surface area contributed by atoms with Crippen molar-refractivity contribution in [1.82, 2.24) is 25.1 Å². The maximum absolute atomic E-state index is 5.80. The lowest BCUT2D eigenvalue weighted by Crippen LogP contribution is -2.37. The molecule has 0 atom stereocenters. The number of halogens is 1. The third-order valence-electron chi connectivity index (χ3n) is 5.32. The highest BCUT2D eigenvalue weighted by Gasteiger charge is 2.06. The fourth-order valence-electron chi connectivity index (χ4n) is 3.60. The number of benzene rings is 2. The van der Waals surface area contributed by atoms with E-state index in [0.29, 0.717) is 6.54 Å². The number of para-hydroxylation sites is 2. The van der Waals surface area contributed by atoms with E-state index in [0.717, 1.165) is 62.1 Å². The van der Waals surface area contributed by atoms with Gasteiger partial charge < -0.3 is 24.8 Å². The van der Waals surface area contributed by atoms with Gasteiger partial charge in [0, 0.05) is 33.2 Å². The van der Waals surface area contributed by atoms with Gasteiger partial charge in [0.05, 0.1) is 17.6 Å². The number of aromatic nitrogens is 2. The molecular formula is C25H37IN6O. The molecule has 0 unspecified atom stereocenters. The van der Waals surface area contributed by atoms with Crippen molar-refractivity contribution in [2.45, 2.75) is 32.9 Å². The van der Waals surface area contributed by atoms with Crippen molar-refractivity contribution in [3.8, 4) is 5.75 Å². The SMILES string of the molecule is CN=C(NCCCn1c(C)nc2ccccc21)NCc1ccc(OCCCN(C)C)cc1.I. The van der Waals surface area contributed by atoms with E-state index >= 15 is 0 Å². The Kier molecular flexibility index (Phi) is 11.5. The maximum Gasteiger partial charge on any atom is 0.191 e. The molecule has 180 valence electrons. The molecule has 0 saturated heterocycles. The summed E-state index contributed by atoms with van der Waals surface area (Å²) in [6.07, 6.45) is 2.01. The van der Waals surface area contributed by atoms with E-state index in [2.05, 4.69) is 81.4 Å². The number of guanidine groups is 1. The van der Waals surface area contributed by atoms with Crippen LogP contribution < -0.4 is 15.4 Å². The fraction of sp³-hybridized carbons (Fsp3) is 0.440. The van der Waals surface area contributed by atoms with E-state index in [-0.39, 0.29) is 24.0 Å². The molecule has 0 spiro atoms. The number of aryl methyl sites for hydroxylation is 2. The van der Waals surface area contributed by atoms with E-state index < -0.39 is 0 Å². The molecule has 0 aliphatic heterocycles. The first-order chi connectivity index (χ1) is 15.6. The second kappa shape index (κ2) is 14.0. The van der Waals surface area contributed by atoms with Gasteiger partial charge in [0.1, 0.15) is 11.6 Å². The first kappa shape index (κ1) is 26.9. The molecule has 1 aromatic heterocycles. The standard InChI is InChI=1S/C25H36N6O.HI/c1-20-29-23-9-5-6-10-24(23)31(20)17-7-15-27-25(26-2)28-19-21-11-13-22(14-12-21)32-18-8-16-30(3)4;/h5-6,9-14H,7-8,15-19H2,1-4H3,(H2,26,27,28);1H. The van der Waals surface area contributed by atoms with Crippen molar-refractivity contribution >= 4 is 41.0 Å². The predicted molar refractivity (Wildman–Crippen MR) is 148 cm³/mol. The summed E-state index contributed by atoms with van der Waals surface area (Å²) in [7, 11) is 5.95. The van der Waals surface area contributed by atoms with Gasteiger partial charge in [-0.2, -0.15) is 0 Å². The average Bonchev–Trinajstić information content (AvgIpc) is 3.12. The van der Waals surface area contributed by atoms with Crippen LogP contribution in [0, 0.1) is 6.92 Å². The highest BCUT2D eigenvalue weighted by Crippen LogP contribution is 2.15. The number of fused-ring (bicyclic) bond motifs is 1. The van der Waals surface area contributed by atoms with E-state index in [1.807, 2.05) is 18.2 Å². The van der Waals surface area contributed by atoms with Crippen LogP contribution in [0.5, 0.6) is 5.75 Å². The summed E-state index contributed by atoms with van der Waals surface area (Å²) in [5.41, 5.74) is 3.44. The number of nitrogens with zero attached hydrogens (tertiary/aromatic N) is 4. The molecule has 2 aromatic carbocycles. The van der Waals surface area contributed by atoms with Gasteiger partial charge in [0.25, 0.3) is 0 Å². The van der Waals surface area contributed by atoms with Crippen LogP contribution in [0.1, 0.15) is 24.2 Å². The zero-order valence-electron chi connectivity index (χ0n) is 20.2. The molecule has 0 radical (unpaired) electrons. The van der Waals surface area contributed by atoms with Crippen LogP contribution in [-0.2, 0) is 13.1 Å². The Morgan fingerprint density at radius 2 is 1.82 bits per heavy atom. The number of ether oxygens (including phenoxy) is 1. The van der Waals surface area contributed by atoms with Crippen LogP contribution in [0.3, 0.4) is 0 Å². The minimum atomic E-state index is 0. The van der Waals surface area contributed by atoms with Crippen molar-refractivity contribution in [3.63, 3.8) is 0 Å². The van der Waals surface area contributed by atoms with Gasteiger partial charge in [-0.15, -0.1) is 24.0 Å². The molecule has 2 N–H and O–H groups in total. The molecule has 1 heterocycles. The van der Waals surface area contributed by atoms with E-state index in [1.165, 1.54) is 11.1 Å². The summed E-state index contributed by atoms with van der Waals surface area (Å²) < 4.78 is 8.07. The summed E-state index contributed by atoms with van der Waals surface area (Å²) in [5, 5.41) is 6.78. The maximum atomic E-state index is 5.80. The lowest BCUT2D eigenvalue weighted by Gasteiger charge is -2.13. The summed E-state index contributed by atoms with van der Waals surface area (Å²) >= 11 is 0. The smallest absolute Gasteiger partial charge is 0.191 e. The minimum absolute atomic E-state index is 0. The molecule has 7 nitrogen and oxygen atoms in total. The van der Waals surface area contributed by atoms with Crippen LogP contribution >= 0.6 is 24.0 Å². The molecule has 0 bridgehead atoms. The number of nitrogens with one attached hydrogen (secondary N) is 2. The average molecular weight is 565 g/mol. The van der Waals surface area contributed by atoms with Crippen molar-refractivity contribution in [2.24, 2.45) is 4.99 Å². The molecule has 8 heteroatoms. The monoisotopic (exact) mass is 564 g/mol. The Hall–Kier alpha value is -2.33. The van der Waals surface area contributed by atoms with Crippen molar-refractivity contribution in [2.75, 3.05) is 40.8 Å². The Balaban J connectivity index is 0.00000385. The number of imidazole rings is 1. The second-order valence-corrected chi connectivity index (χ2v) is 8.15. The van der Waals surface area contributed by atoms with Gasteiger partial charge in [0.2, 0.25) is 0 Å². The molecule has 0 amide bonds. The van der Waals surface area contributed by atoms with Gasteiger partial charge in [-0.1, -0.05) is 24.3 Å². The van der Waals surface area contributed by atoms with E-state index in [9.17, 15) is 0 Å². The summed E-state index contributed by atoms with van der Waals surface area (Å²) in [6.45, 7) is 6.31. The topological polar surface area (TPSA) is 66.7 Å². The zero-order chi connectivity index (χ0) is 22.8. The minimum Gasteiger partial charge on any atom is -0.494 e. The molecule has 0 saturated carbocycles. The lowest BCUT2D eigenvalue weighted by molar-refractivity contribution is 0.281. The second-order valence-electron chi connectivity index (χ2n) is 8.15. The number of rotatable bonds is 11. The Morgan fingerprint density at radius 1 is 1.06 bits per heavy atom. The summed E-state index contributed by atoms with van der Waals surface area (Å²) in [4.78, 5) is 11.1. The molecule has 3 aromatic rings. The van der Waals surface area contributed by atoms with Gasteiger partial charge in [-0.05, 0) is 63.7 Å². The van der Waals surface area contributed by atoms with E-state index in [1.54, 1.807) is 7.05 Å². The highest BCUT2D eigenvalue weighted by atomic mass is 127. The van der Waals surface area contributed by atoms with Gasteiger partial charge in [-0.25, -0.2) is 4.98 Å². The predicted octanol–water partition coefficient (Wildman–Crippen LogP) is 4.05. The zero-order valence-corrected chi connectivity index (χ0v) is 22.5. The normalized spacial score (nSPS) is 11.5. The van der Waals surface area contributed by atoms with Crippen molar-refractivity contribution in [3.05, 3.63) is 59.9 Å². The van der Waals surface area contributed by atoms with Crippen LogP contribution in [-0.4, -0.2) is 61.2 Å². The van der Waals surface area contributed by atoms with Gasteiger partial charge >= 0.3 is 0 Å². The highest BCUT2D eigenvalue weighted by molar-refractivity contribution is 14.0. The fourth-order valence-corrected chi connectivity index (χ4v) is 3.60. The van der Waals surface area contributed by atoms with Crippen molar-refractivity contribution in [1.29, 1.82) is 0 Å². The number of hydrogen-bond acceptors (Lipinski definition) is 4. The quantitative estimate of drug-likeness (QED) is 0.159.